The highest BCUT2D eigenvalue weighted by Crippen LogP contribution is 2.34. The van der Waals surface area contributed by atoms with Crippen LogP contribution in [0.4, 0.5) is 11.4 Å². The van der Waals surface area contributed by atoms with Crippen molar-refractivity contribution in [2.24, 2.45) is 0 Å². The van der Waals surface area contributed by atoms with Crippen molar-refractivity contribution < 1.29 is 13.2 Å². The third kappa shape index (κ3) is 3.57. The van der Waals surface area contributed by atoms with Crippen molar-refractivity contribution >= 4 is 44.3 Å². The van der Waals surface area contributed by atoms with Gasteiger partial charge in [-0.1, -0.05) is 11.6 Å². The lowest BCUT2D eigenvalue weighted by atomic mass is 10.2. The van der Waals surface area contributed by atoms with E-state index >= 15 is 0 Å². The molecule has 0 amide bonds. The first-order valence-electron chi connectivity index (χ1n) is 7.21. The van der Waals surface area contributed by atoms with Gasteiger partial charge in [-0.25, -0.2) is 8.42 Å². The quantitative estimate of drug-likeness (QED) is 0.866. The highest BCUT2D eigenvalue weighted by Gasteiger charge is 2.20. The maximum absolute atomic E-state index is 12.5. The average molecular weight is 373 g/mol. The van der Waals surface area contributed by atoms with E-state index in [4.69, 9.17) is 16.3 Å². The Hall–Kier alpha value is -1.44. The Morgan fingerprint density at radius 3 is 2.57 bits per heavy atom. The number of benzene rings is 1. The largest absolute Gasteiger partial charge is 0.495 e. The SMILES string of the molecule is COc1ccc(N2CCCC2)cc1NS(=O)(=O)c1ccc(Cl)s1. The van der Waals surface area contributed by atoms with Crippen LogP contribution >= 0.6 is 22.9 Å². The molecule has 1 saturated heterocycles. The third-order valence-electron chi connectivity index (χ3n) is 3.71. The predicted molar refractivity (Wildman–Crippen MR) is 94.6 cm³/mol. The molecule has 5 nitrogen and oxygen atoms in total. The van der Waals surface area contributed by atoms with Crippen LogP contribution in [0.2, 0.25) is 4.34 Å². The molecule has 1 aromatic heterocycles. The van der Waals surface area contributed by atoms with E-state index in [0.717, 1.165) is 43.0 Å². The minimum absolute atomic E-state index is 0.177. The number of hydrogen-bond acceptors (Lipinski definition) is 5. The van der Waals surface area contributed by atoms with Gasteiger partial charge in [-0.3, -0.25) is 4.72 Å². The van der Waals surface area contributed by atoms with Gasteiger partial charge in [0.1, 0.15) is 9.96 Å². The van der Waals surface area contributed by atoms with Crippen LogP contribution in [0.5, 0.6) is 5.75 Å². The molecule has 1 aromatic carbocycles. The Kier molecular flexibility index (Phi) is 4.70. The van der Waals surface area contributed by atoms with Crippen LogP contribution < -0.4 is 14.4 Å². The number of halogens is 1. The second kappa shape index (κ2) is 6.59. The van der Waals surface area contributed by atoms with E-state index in [9.17, 15) is 8.42 Å². The highest BCUT2D eigenvalue weighted by atomic mass is 35.5. The van der Waals surface area contributed by atoms with Gasteiger partial charge in [0.25, 0.3) is 10.0 Å². The normalized spacial score (nSPS) is 15.0. The Morgan fingerprint density at radius 2 is 1.96 bits per heavy atom. The Balaban J connectivity index is 1.92. The topological polar surface area (TPSA) is 58.6 Å². The minimum atomic E-state index is -3.68. The monoisotopic (exact) mass is 372 g/mol. The number of hydrogen-bond donors (Lipinski definition) is 1. The molecule has 23 heavy (non-hydrogen) atoms. The number of sulfonamides is 1. The van der Waals surface area contributed by atoms with Gasteiger partial charge in [0.2, 0.25) is 0 Å². The lowest BCUT2D eigenvalue weighted by molar-refractivity contribution is 0.417. The van der Waals surface area contributed by atoms with Crippen LogP contribution in [0.25, 0.3) is 0 Å². The number of nitrogens with zero attached hydrogens (tertiary/aromatic N) is 1. The number of methoxy groups -OCH3 is 1. The molecule has 1 fully saturated rings. The van der Waals surface area contributed by atoms with Crippen molar-refractivity contribution in [3.05, 3.63) is 34.7 Å². The maximum Gasteiger partial charge on any atom is 0.271 e. The standard InChI is InChI=1S/C15H17ClN2O3S2/c1-21-13-5-4-11(18-8-2-3-9-18)10-12(13)17-23(19,20)15-7-6-14(16)22-15/h4-7,10,17H,2-3,8-9H2,1H3. The van der Waals surface area contributed by atoms with Gasteiger partial charge in [-0.15, -0.1) is 11.3 Å². The van der Waals surface area contributed by atoms with E-state index in [1.165, 1.54) is 13.2 Å². The van der Waals surface area contributed by atoms with E-state index in [0.29, 0.717) is 15.8 Å². The summed E-state index contributed by atoms with van der Waals surface area (Å²) in [6.45, 7) is 1.97. The van der Waals surface area contributed by atoms with Gasteiger partial charge in [-0.05, 0) is 43.2 Å². The zero-order valence-electron chi connectivity index (χ0n) is 12.6. The van der Waals surface area contributed by atoms with E-state index in [-0.39, 0.29) is 4.21 Å². The molecular weight excluding hydrogens is 356 g/mol. The Morgan fingerprint density at radius 1 is 1.22 bits per heavy atom. The summed E-state index contributed by atoms with van der Waals surface area (Å²) in [4.78, 5) is 2.24. The summed E-state index contributed by atoms with van der Waals surface area (Å²) in [5, 5.41) is 0. The second-order valence-electron chi connectivity index (χ2n) is 5.24. The second-order valence-corrected chi connectivity index (χ2v) is 8.87. The van der Waals surface area contributed by atoms with Crippen molar-refractivity contribution in [1.29, 1.82) is 0 Å². The molecule has 124 valence electrons. The fraction of sp³-hybridized carbons (Fsp3) is 0.333. The van der Waals surface area contributed by atoms with Crippen LogP contribution in [0.3, 0.4) is 0 Å². The van der Waals surface area contributed by atoms with Crippen LogP contribution in [0, 0.1) is 0 Å². The molecule has 0 spiro atoms. The van der Waals surface area contributed by atoms with Crippen molar-refractivity contribution in [3.63, 3.8) is 0 Å². The summed E-state index contributed by atoms with van der Waals surface area (Å²) in [6.07, 6.45) is 2.31. The molecule has 2 aromatic rings. The number of anilines is 2. The lowest BCUT2D eigenvalue weighted by Gasteiger charge is -2.20. The first-order valence-corrected chi connectivity index (χ1v) is 9.88. The zero-order chi connectivity index (χ0) is 16.4. The molecule has 8 heteroatoms. The first kappa shape index (κ1) is 16.4. The summed E-state index contributed by atoms with van der Waals surface area (Å²) in [5.74, 6) is 0.485. The molecule has 0 radical (unpaired) electrons. The zero-order valence-corrected chi connectivity index (χ0v) is 15.0. The summed E-state index contributed by atoms with van der Waals surface area (Å²) >= 11 is 6.85. The minimum Gasteiger partial charge on any atom is -0.495 e. The Labute approximate surface area is 144 Å². The van der Waals surface area contributed by atoms with Crippen molar-refractivity contribution in [2.75, 3.05) is 29.8 Å². The predicted octanol–water partition coefficient (Wildman–Crippen LogP) is 3.81. The van der Waals surface area contributed by atoms with Gasteiger partial charge in [0.15, 0.2) is 0 Å². The fourth-order valence-corrected chi connectivity index (χ4v) is 5.13. The van der Waals surface area contributed by atoms with Crippen molar-refractivity contribution in [2.45, 2.75) is 17.1 Å². The maximum atomic E-state index is 12.5. The highest BCUT2D eigenvalue weighted by molar-refractivity contribution is 7.94. The molecular formula is C15H17ClN2O3S2. The first-order chi connectivity index (χ1) is 11.0. The molecule has 0 aliphatic carbocycles. The summed E-state index contributed by atoms with van der Waals surface area (Å²) in [7, 11) is -2.16. The summed E-state index contributed by atoms with van der Waals surface area (Å²) in [5.41, 5.74) is 1.42. The summed E-state index contributed by atoms with van der Waals surface area (Å²) in [6, 6.07) is 8.61. The smallest absolute Gasteiger partial charge is 0.271 e. The molecule has 0 saturated carbocycles. The number of rotatable bonds is 5. The van der Waals surface area contributed by atoms with E-state index in [1.807, 2.05) is 12.1 Å². The van der Waals surface area contributed by atoms with Gasteiger partial charge in [-0.2, -0.15) is 0 Å². The molecule has 1 N–H and O–H groups in total. The fourth-order valence-electron chi connectivity index (χ4n) is 2.58. The van der Waals surface area contributed by atoms with Gasteiger partial charge in [0, 0.05) is 18.8 Å². The lowest BCUT2D eigenvalue weighted by Crippen LogP contribution is -2.18. The van der Waals surface area contributed by atoms with Gasteiger partial charge in [0.05, 0.1) is 17.1 Å². The molecule has 3 rings (SSSR count). The van der Waals surface area contributed by atoms with Crippen LogP contribution in [-0.2, 0) is 10.0 Å². The van der Waals surface area contributed by atoms with E-state index < -0.39 is 10.0 Å². The van der Waals surface area contributed by atoms with Crippen molar-refractivity contribution in [1.82, 2.24) is 0 Å². The van der Waals surface area contributed by atoms with E-state index in [2.05, 4.69) is 9.62 Å². The number of nitrogens with one attached hydrogen (secondary N) is 1. The molecule has 0 unspecified atom stereocenters. The van der Waals surface area contributed by atoms with Crippen LogP contribution in [0.1, 0.15) is 12.8 Å². The molecule has 1 aliphatic heterocycles. The number of thiophene rings is 1. The molecule has 0 bridgehead atoms. The van der Waals surface area contributed by atoms with Crippen LogP contribution in [0.15, 0.2) is 34.5 Å². The summed E-state index contributed by atoms with van der Waals surface area (Å²) < 4.78 is 33.5. The van der Waals surface area contributed by atoms with Gasteiger partial charge < -0.3 is 9.64 Å². The number of ether oxygens (including phenoxy) is 1. The van der Waals surface area contributed by atoms with Gasteiger partial charge >= 0.3 is 0 Å². The van der Waals surface area contributed by atoms with Crippen molar-refractivity contribution in [3.8, 4) is 5.75 Å². The van der Waals surface area contributed by atoms with E-state index in [1.54, 1.807) is 12.1 Å². The Bertz CT molecular complexity index is 799. The van der Waals surface area contributed by atoms with Crippen LogP contribution in [-0.4, -0.2) is 28.6 Å². The molecule has 2 heterocycles. The third-order valence-corrected chi connectivity index (χ3v) is 6.80. The average Bonchev–Trinajstić information content (AvgIpc) is 3.18. The molecule has 0 atom stereocenters. The molecule has 1 aliphatic rings.